The quantitative estimate of drug-likeness (QED) is 0.589. The SMILES string of the molecule is Cc1cc2c(=O)cc(N3CCC(C)(C)CC3)oc2c(CCNc2ccccc2C(=O)O)n1. The number of nitrogens with one attached hydrogen (secondary N) is 1. The molecule has 1 aromatic carbocycles. The van der Waals surface area contributed by atoms with Gasteiger partial charge in [0.2, 0.25) is 0 Å². The Hall–Kier alpha value is -3.35. The first kappa shape index (κ1) is 21.9. The molecule has 1 aliphatic rings. The minimum Gasteiger partial charge on any atom is -0.478 e. The highest BCUT2D eigenvalue weighted by atomic mass is 16.4. The molecule has 168 valence electrons. The largest absolute Gasteiger partial charge is 0.478 e. The summed E-state index contributed by atoms with van der Waals surface area (Å²) in [5.74, 6) is -0.387. The first-order chi connectivity index (χ1) is 15.2. The number of aromatic nitrogens is 1. The van der Waals surface area contributed by atoms with Gasteiger partial charge < -0.3 is 19.7 Å². The van der Waals surface area contributed by atoms with E-state index >= 15 is 0 Å². The molecule has 0 radical (unpaired) electrons. The van der Waals surface area contributed by atoms with E-state index in [4.69, 9.17) is 4.42 Å². The summed E-state index contributed by atoms with van der Waals surface area (Å²) < 4.78 is 6.24. The van der Waals surface area contributed by atoms with E-state index in [2.05, 4.69) is 29.0 Å². The third kappa shape index (κ3) is 4.61. The summed E-state index contributed by atoms with van der Waals surface area (Å²) in [6.45, 7) is 8.55. The maximum absolute atomic E-state index is 12.9. The molecule has 7 nitrogen and oxygen atoms in total. The zero-order chi connectivity index (χ0) is 22.9. The number of aromatic carboxylic acids is 1. The monoisotopic (exact) mass is 435 g/mol. The van der Waals surface area contributed by atoms with E-state index < -0.39 is 5.97 Å². The van der Waals surface area contributed by atoms with Crippen LogP contribution in [0, 0.1) is 12.3 Å². The van der Waals surface area contributed by atoms with Crippen LogP contribution in [0.15, 0.2) is 45.6 Å². The molecule has 1 aliphatic heterocycles. The fraction of sp³-hybridized carbons (Fsp3) is 0.400. The molecule has 3 heterocycles. The molecule has 1 fully saturated rings. The van der Waals surface area contributed by atoms with Crippen molar-refractivity contribution in [2.75, 3.05) is 29.9 Å². The molecule has 0 aliphatic carbocycles. The average Bonchev–Trinajstić information content (AvgIpc) is 2.74. The van der Waals surface area contributed by atoms with Crippen molar-refractivity contribution in [1.29, 1.82) is 0 Å². The van der Waals surface area contributed by atoms with Crippen molar-refractivity contribution in [3.8, 4) is 0 Å². The Morgan fingerprint density at radius 2 is 1.94 bits per heavy atom. The van der Waals surface area contributed by atoms with Crippen LogP contribution in [0.5, 0.6) is 0 Å². The normalized spacial score (nSPS) is 15.7. The van der Waals surface area contributed by atoms with Crippen molar-refractivity contribution < 1.29 is 14.3 Å². The van der Waals surface area contributed by atoms with Crippen molar-refractivity contribution >= 4 is 28.5 Å². The second kappa shape index (κ2) is 8.65. The number of anilines is 2. The van der Waals surface area contributed by atoms with E-state index in [-0.39, 0.29) is 11.0 Å². The number of hydrogen-bond donors (Lipinski definition) is 2. The molecule has 4 rings (SSSR count). The van der Waals surface area contributed by atoms with Gasteiger partial charge in [-0.25, -0.2) is 4.79 Å². The van der Waals surface area contributed by atoms with Crippen LogP contribution in [0.4, 0.5) is 11.6 Å². The molecule has 2 N–H and O–H groups in total. The Bertz CT molecular complexity index is 1210. The van der Waals surface area contributed by atoms with Gasteiger partial charge in [-0.15, -0.1) is 0 Å². The molecular weight excluding hydrogens is 406 g/mol. The summed E-state index contributed by atoms with van der Waals surface area (Å²) in [5, 5.41) is 13.1. The number of piperidine rings is 1. The Balaban J connectivity index is 1.61. The maximum Gasteiger partial charge on any atom is 0.337 e. The smallest absolute Gasteiger partial charge is 0.337 e. The first-order valence-corrected chi connectivity index (χ1v) is 11.0. The molecule has 32 heavy (non-hydrogen) atoms. The average molecular weight is 436 g/mol. The van der Waals surface area contributed by atoms with Gasteiger partial charge in [-0.3, -0.25) is 9.78 Å². The van der Waals surface area contributed by atoms with Crippen molar-refractivity contribution in [3.05, 3.63) is 63.6 Å². The van der Waals surface area contributed by atoms with Crippen LogP contribution < -0.4 is 15.6 Å². The first-order valence-electron chi connectivity index (χ1n) is 11.0. The molecule has 0 saturated carbocycles. The molecule has 1 saturated heterocycles. The van der Waals surface area contributed by atoms with Crippen LogP contribution in [0.3, 0.4) is 0 Å². The van der Waals surface area contributed by atoms with E-state index in [9.17, 15) is 14.7 Å². The minimum absolute atomic E-state index is 0.0676. The van der Waals surface area contributed by atoms with Gasteiger partial charge in [0.1, 0.15) is 0 Å². The summed E-state index contributed by atoms with van der Waals surface area (Å²) in [5.41, 5.74) is 2.95. The summed E-state index contributed by atoms with van der Waals surface area (Å²) in [6.07, 6.45) is 2.58. The highest BCUT2D eigenvalue weighted by molar-refractivity contribution is 5.94. The van der Waals surface area contributed by atoms with E-state index in [1.807, 2.05) is 6.92 Å². The molecule has 0 unspecified atom stereocenters. The predicted molar refractivity (Wildman–Crippen MR) is 126 cm³/mol. The molecule has 3 aromatic rings. The number of hydrogen-bond acceptors (Lipinski definition) is 6. The van der Waals surface area contributed by atoms with Crippen molar-refractivity contribution in [3.63, 3.8) is 0 Å². The lowest BCUT2D eigenvalue weighted by Crippen LogP contribution is -2.37. The molecule has 7 heteroatoms. The summed E-state index contributed by atoms with van der Waals surface area (Å²) >= 11 is 0. The van der Waals surface area contributed by atoms with Crippen LogP contribution in [-0.4, -0.2) is 35.7 Å². The van der Waals surface area contributed by atoms with Gasteiger partial charge in [0.15, 0.2) is 16.9 Å². The van der Waals surface area contributed by atoms with Gasteiger partial charge in [-0.05, 0) is 43.4 Å². The Morgan fingerprint density at radius 3 is 2.66 bits per heavy atom. The van der Waals surface area contributed by atoms with Crippen LogP contribution in [0.1, 0.15) is 48.4 Å². The number of carboxylic acids is 1. The van der Waals surface area contributed by atoms with Gasteiger partial charge in [-0.2, -0.15) is 0 Å². The number of aryl methyl sites for hydroxylation is 1. The molecule has 2 aromatic heterocycles. The Labute approximate surface area is 187 Å². The molecular formula is C25H29N3O4. The zero-order valence-corrected chi connectivity index (χ0v) is 18.8. The van der Waals surface area contributed by atoms with Crippen molar-refractivity contribution in [2.45, 2.75) is 40.0 Å². The van der Waals surface area contributed by atoms with Gasteiger partial charge in [0, 0.05) is 43.5 Å². The minimum atomic E-state index is -0.979. The lowest BCUT2D eigenvalue weighted by Gasteiger charge is -2.37. The number of carbonyl (C=O) groups is 1. The third-order valence-electron chi connectivity index (χ3n) is 6.16. The second-order valence-electron chi connectivity index (χ2n) is 9.21. The number of carboxylic acid groups (broad SMARTS) is 1. The van der Waals surface area contributed by atoms with Crippen LogP contribution in [0.25, 0.3) is 11.0 Å². The highest BCUT2D eigenvalue weighted by Crippen LogP contribution is 2.33. The molecule has 0 bridgehead atoms. The Kier molecular flexibility index (Phi) is 5.91. The van der Waals surface area contributed by atoms with E-state index in [1.54, 1.807) is 36.4 Å². The summed E-state index contributed by atoms with van der Waals surface area (Å²) in [6, 6.07) is 10.1. The maximum atomic E-state index is 12.9. The van der Waals surface area contributed by atoms with E-state index in [0.29, 0.717) is 46.6 Å². The zero-order valence-electron chi connectivity index (χ0n) is 18.8. The predicted octanol–water partition coefficient (Wildman–Crippen LogP) is 4.48. The summed E-state index contributed by atoms with van der Waals surface area (Å²) in [4.78, 5) is 31.1. The number of fused-ring (bicyclic) bond motifs is 1. The van der Waals surface area contributed by atoms with E-state index in [1.165, 1.54) is 0 Å². The van der Waals surface area contributed by atoms with Crippen LogP contribution in [-0.2, 0) is 6.42 Å². The van der Waals surface area contributed by atoms with E-state index in [0.717, 1.165) is 31.6 Å². The number of pyridine rings is 1. The van der Waals surface area contributed by atoms with Gasteiger partial charge in [-0.1, -0.05) is 26.0 Å². The fourth-order valence-electron chi connectivity index (χ4n) is 4.14. The van der Waals surface area contributed by atoms with Crippen molar-refractivity contribution in [2.24, 2.45) is 5.41 Å². The number of rotatable bonds is 6. The number of benzene rings is 1. The van der Waals surface area contributed by atoms with Gasteiger partial charge >= 0.3 is 5.97 Å². The van der Waals surface area contributed by atoms with Crippen LogP contribution in [0.2, 0.25) is 0 Å². The lowest BCUT2D eigenvalue weighted by atomic mass is 9.83. The van der Waals surface area contributed by atoms with Gasteiger partial charge in [0.05, 0.1) is 16.6 Å². The molecule has 0 atom stereocenters. The lowest BCUT2D eigenvalue weighted by molar-refractivity contribution is 0.0698. The highest BCUT2D eigenvalue weighted by Gasteiger charge is 2.27. The number of nitrogens with zero attached hydrogens (tertiary/aromatic N) is 2. The molecule has 0 spiro atoms. The Morgan fingerprint density at radius 1 is 1.22 bits per heavy atom. The summed E-state index contributed by atoms with van der Waals surface area (Å²) in [7, 11) is 0. The molecule has 0 amide bonds. The fourth-order valence-corrected chi connectivity index (χ4v) is 4.14. The third-order valence-corrected chi connectivity index (χ3v) is 6.16. The van der Waals surface area contributed by atoms with Crippen LogP contribution >= 0.6 is 0 Å². The topological polar surface area (TPSA) is 95.7 Å². The second-order valence-corrected chi connectivity index (χ2v) is 9.21. The standard InChI is InChI=1S/C25H29N3O4/c1-16-14-18-21(29)15-22(28-12-9-25(2,3)10-13-28)32-23(18)20(27-16)8-11-26-19-7-5-4-6-17(19)24(30)31/h4-7,14-15,26H,8-13H2,1-3H3,(H,30,31). The van der Waals surface area contributed by atoms with Crippen molar-refractivity contribution in [1.82, 2.24) is 4.98 Å². The van der Waals surface area contributed by atoms with Gasteiger partial charge in [0.25, 0.3) is 0 Å². The number of para-hydroxylation sites is 1.